The fourth-order valence-corrected chi connectivity index (χ4v) is 3.32. The second-order valence-electron chi connectivity index (χ2n) is 7.58. The molecule has 1 fully saturated rings. The van der Waals surface area contributed by atoms with Crippen molar-refractivity contribution >= 4 is 6.03 Å². The quantitative estimate of drug-likeness (QED) is 0.840. The average molecular weight is 333 g/mol. The van der Waals surface area contributed by atoms with Gasteiger partial charge in [0.05, 0.1) is 12.1 Å². The highest BCUT2D eigenvalue weighted by Crippen LogP contribution is 2.18. The van der Waals surface area contributed by atoms with E-state index in [0.29, 0.717) is 19.0 Å². The number of nitrogens with zero attached hydrogens (tertiary/aromatic N) is 2. The van der Waals surface area contributed by atoms with Gasteiger partial charge in [-0.2, -0.15) is 0 Å². The monoisotopic (exact) mass is 333 g/mol. The van der Waals surface area contributed by atoms with Crippen molar-refractivity contribution in [3.8, 4) is 0 Å². The molecule has 1 aliphatic rings. The molecule has 1 atom stereocenters. The molecule has 0 saturated carbocycles. The normalized spacial score (nSPS) is 19.1. The van der Waals surface area contributed by atoms with Crippen LogP contribution >= 0.6 is 0 Å². The first kappa shape index (κ1) is 18.7. The summed E-state index contributed by atoms with van der Waals surface area (Å²) in [6.07, 6.45) is 2.33. The summed E-state index contributed by atoms with van der Waals surface area (Å²) in [5.41, 5.74) is 0.468. The average Bonchev–Trinajstić information content (AvgIpc) is 2.52. The molecule has 2 N–H and O–H groups in total. The Bertz CT molecular complexity index is 513. The van der Waals surface area contributed by atoms with Crippen molar-refractivity contribution in [2.45, 2.75) is 38.8 Å². The minimum absolute atomic E-state index is 0.114. The lowest BCUT2D eigenvalue weighted by Crippen LogP contribution is -2.47. The van der Waals surface area contributed by atoms with Crippen LogP contribution < -0.4 is 5.32 Å². The predicted molar refractivity (Wildman–Crippen MR) is 96.8 cm³/mol. The number of aliphatic hydroxyl groups is 1. The Morgan fingerprint density at radius 3 is 2.75 bits per heavy atom. The molecule has 24 heavy (non-hydrogen) atoms. The Hall–Kier alpha value is -1.59. The first-order chi connectivity index (χ1) is 11.3. The van der Waals surface area contributed by atoms with Crippen LogP contribution in [0.15, 0.2) is 30.3 Å². The third-order valence-electron chi connectivity index (χ3n) is 4.36. The molecule has 2 amide bonds. The van der Waals surface area contributed by atoms with E-state index < -0.39 is 5.60 Å². The van der Waals surface area contributed by atoms with E-state index in [4.69, 9.17) is 0 Å². The van der Waals surface area contributed by atoms with E-state index in [2.05, 4.69) is 34.5 Å². The number of hydrogen-bond acceptors (Lipinski definition) is 3. The molecular weight excluding hydrogens is 302 g/mol. The molecule has 0 radical (unpaired) electrons. The van der Waals surface area contributed by atoms with Gasteiger partial charge in [0.1, 0.15) is 0 Å². The molecule has 1 unspecified atom stereocenters. The highest BCUT2D eigenvalue weighted by Gasteiger charge is 2.22. The maximum Gasteiger partial charge on any atom is 0.317 e. The van der Waals surface area contributed by atoms with Gasteiger partial charge in [-0.1, -0.05) is 30.3 Å². The van der Waals surface area contributed by atoms with Crippen molar-refractivity contribution in [3.05, 3.63) is 35.9 Å². The van der Waals surface area contributed by atoms with E-state index in [0.717, 1.165) is 26.1 Å². The fraction of sp³-hybridized carbons (Fsp3) is 0.632. The van der Waals surface area contributed by atoms with Crippen LogP contribution in [0, 0.1) is 5.92 Å². The van der Waals surface area contributed by atoms with Crippen LogP contribution in [0.4, 0.5) is 4.79 Å². The molecule has 0 aromatic heterocycles. The van der Waals surface area contributed by atoms with Crippen molar-refractivity contribution in [2.75, 3.05) is 33.2 Å². The van der Waals surface area contributed by atoms with Gasteiger partial charge in [0.2, 0.25) is 0 Å². The summed E-state index contributed by atoms with van der Waals surface area (Å²) >= 11 is 0. The van der Waals surface area contributed by atoms with E-state index in [9.17, 15) is 9.90 Å². The van der Waals surface area contributed by atoms with Crippen molar-refractivity contribution in [3.63, 3.8) is 0 Å². The van der Waals surface area contributed by atoms with Gasteiger partial charge in [0.15, 0.2) is 0 Å². The Morgan fingerprint density at radius 1 is 1.38 bits per heavy atom. The molecular formula is C19H31N3O2. The fourth-order valence-electron chi connectivity index (χ4n) is 3.32. The number of rotatable bonds is 6. The van der Waals surface area contributed by atoms with E-state index in [1.165, 1.54) is 12.0 Å². The van der Waals surface area contributed by atoms with Gasteiger partial charge >= 0.3 is 6.03 Å². The number of benzene rings is 1. The van der Waals surface area contributed by atoms with Crippen LogP contribution in [0.3, 0.4) is 0 Å². The van der Waals surface area contributed by atoms with E-state index in [1.54, 1.807) is 25.8 Å². The number of piperidine rings is 1. The molecule has 0 bridgehead atoms. The van der Waals surface area contributed by atoms with Crippen molar-refractivity contribution in [1.82, 2.24) is 15.1 Å². The van der Waals surface area contributed by atoms with Gasteiger partial charge in [-0.3, -0.25) is 4.90 Å². The van der Waals surface area contributed by atoms with Crippen LogP contribution in [-0.4, -0.2) is 59.8 Å². The molecule has 1 heterocycles. The SMILES string of the molecule is CN(CC(C)(C)O)C(=O)NCC1CCCN(Cc2ccccc2)C1. The van der Waals surface area contributed by atoms with Crippen LogP contribution in [-0.2, 0) is 6.54 Å². The number of urea groups is 1. The number of hydrogen-bond donors (Lipinski definition) is 2. The molecule has 5 nitrogen and oxygen atoms in total. The smallest absolute Gasteiger partial charge is 0.317 e. The Morgan fingerprint density at radius 2 is 2.08 bits per heavy atom. The molecule has 0 spiro atoms. The van der Waals surface area contributed by atoms with Crippen LogP contribution in [0.5, 0.6) is 0 Å². The minimum atomic E-state index is -0.872. The van der Waals surface area contributed by atoms with Gasteiger partial charge in [0, 0.05) is 26.7 Å². The lowest BCUT2D eigenvalue weighted by molar-refractivity contribution is 0.0528. The van der Waals surface area contributed by atoms with Crippen molar-refractivity contribution in [1.29, 1.82) is 0 Å². The Balaban J connectivity index is 1.75. The zero-order chi connectivity index (χ0) is 17.6. The lowest BCUT2D eigenvalue weighted by Gasteiger charge is -2.33. The second kappa shape index (κ2) is 8.49. The summed E-state index contributed by atoms with van der Waals surface area (Å²) in [5.74, 6) is 0.488. The maximum atomic E-state index is 12.1. The lowest BCUT2D eigenvalue weighted by atomic mass is 9.97. The first-order valence-electron chi connectivity index (χ1n) is 8.81. The largest absolute Gasteiger partial charge is 0.389 e. The molecule has 1 aliphatic heterocycles. The van der Waals surface area contributed by atoms with E-state index in [1.807, 2.05) is 6.07 Å². The molecule has 5 heteroatoms. The summed E-state index contributed by atoms with van der Waals surface area (Å²) in [7, 11) is 1.72. The molecule has 134 valence electrons. The van der Waals surface area contributed by atoms with Gasteiger partial charge in [-0.25, -0.2) is 4.79 Å². The first-order valence-corrected chi connectivity index (χ1v) is 8.81. The highest BCUT2D eigenvalue weighted by molar-refractivity contribution is 5.73. The number of carbonyl (C=O) groups excluding carboxylic acids is 1. The topological polar surface area (TPSA) is 55.8 Å². The summed E-state index contributed by atoms with van der Waals surface area (Å²) in [5, 5.41) is 12.8. The molecule has 1 aromatic carbocycles. The standard InChI is InChI=1S/C19H31N3O2/c1-19(2,24)15-21(3)18(23)20-12-17-10-7-11-22(14-17)13-16-8-5-4-6-9-16/h4-6,8-9,17,24H,7,10-15H2,1-3H3,(H,20,23). The Kier molecular flexibility index (Phi) is 6.63. The van der Waals surface area contributed by atoms with Gasteiger partial charge in [-0.15, -0.1) is 0 Å². The summed E-state index contributed by atoms with van der Waals surface area (Å²) in [4.78, 5) is 16.1. The van der Waals surface area contributed by atoms with Gasteiger partial charge in [-0.05, 0) is 44.7 Å². The van der Waals surface area contributed by atoms with Crippen molar-refractivity contribution in [2.24, 2.45) is 5.92 Å². The van der Waals surface area contributed by atoms with Gasteiger partial charge < -0.3 is 15.3 Å². The Labute approximate surface area is 145 Å². The third-order valence-corrected chi connectivity index (χ3v) is 4.36. The van der Waals surface area contributed by atoms with E-state index in [-0.39, 0.29) is 6.03 Å². The summed E-state index contributed by atoms with van der Waals surface area (Å²) in [6.45, 7) is 7.55. The summed E-state index contributed by atoms with van der Waals surface area (Å²) < 4.78 is 0. The van der Waals surface area contributed by atoms with Crippen LogP contribution in [0.2, 0.25) is 0 Å². The van der Waals surface area contributed by atoms with E-state index >= 15 is 0 Å². The number of nitrogens with one attached hydrogen (secondary N) is 1. The minimum Gasteiger partial charge on any atom is -0.389 e. The number of likely N-dealkylation sites (tertiary alicyclic amines) is 1. The van der Waals surface area contributed by atoms with Crippen LogP contribution in [0.25, 0.3) is 0 Å². The highest BCUT2D eigenvalue weighted by atomic mass is 16.3. The number of amides is 2. The zero-order valence-corrected chi connectivity index (χ0v) is 15.2. The molecule has 0 aliphatic carbocycles. The summed E-state index contributed by atoms with van der Waals surface area (Å²) in [6, 6.07) is 10.4. The molecule has 1 aromatic rings. The maximum absolute atomic E-state index is 12.1. The third kappa shape index (κ3) is 6.49. The zero-order valence-electron chi connectivity index (χ0n) is 15.2. The second-order valence-corrected chi connectivity index (χ2v) is 7.58. The molecule has 2 rings (SSSR count). The van der Waals surface area contributed by atoms with Crippen molar-refractivity contribution < 1.29 is 9.90 Å². The molecule has 1 saturated heterocycles. The number of carbonyl (C=O) groups is 1. The predicted octanol–water partition coefficient (Wildman–Crippen LogP) is 2.31. The van der Waals surface area contributed by atoms with Crippen LogP contribution in [0.1, 0.15) is 32.3 Å². The number of likely N-dealkylation sites (N-methyl/N-ethyl adjacent to an activating group) is 1. The van der Waals surface area contributed by atoms with Gasteiger partial charge in [0.25, 0.3) is 0 Å².